The minimum absolute atomic E-state index is 0.0207. The van der Waals surface area contributed by atoms with E-state index in [0.717, 1.165) is 32.4 Å². The predicted octanol–water partition coefficient (Wildman–Crippen LogP) is 1.35. The van der Waals surface area contributed by atoms with E-state index < -0.39 is 0 Å². The molecule has 0 saturated carbocycles. The Hall–Kier alpha value is -0.610. The summed E-state index contributed by atoms with van der Waals surface area (Å²) in [5.74, 6) is 0.271. The summed E-state index contributed by atoms with van der Waals surface area (Å²) in [6.45, 7) is 10.7. The molecule has 1 heterocycles. The summed E-state index contributed by atoms with van der Waals surface area (Å²) < 4.78 is 0. The average molecular weight is 255 g/mol. The third-order valence-electron chi connectivity index (χ3n) is 4.17. The Balaban J connectivity index is 2.34. The molecule has 1 aliphatic rings. The van der Waals surface area contributed by atoms with Crippen LogP contribution >= 0.6 is 0 Å². The Labute approximate surface area is 111 Å². The first-order valence-corrected chi connectivity index (χ1v) is 7.25. The van der Waals surface area contributed by atoms with Gasteiger partial charge in [-0.15, -0.1) is 0 Å². The van der Waals surface area contributed by atoms with Crippen molar-refractivity contribution < 1.29 is 4.79 Å². The molecule has 18 heavy (non-hydrogen) atoms. The molecule has 106 valence electrons. The molecule has 1 amide bonds. The first-order valence-electron chi connectivity index (χ1n) is 7.25. The number of piperidine rings is 1. The van der Waals surface area contributed by atoms with Crippen LogP contribution in [0.5, 0.6) is 0 Å². The lowest BCUT2D eigenvalue weighted by molar-refractivity contribution is -0.124. The van der Waals surface area contributed by atoms with Gasteiger partial charge in [-0.25, -0.2) is 0 Å². The van der Waals surface area contributed by atoms with E-state index in [9.17, 15) is 4.79 Å². The van der Waals surface area contributed by atoms with Gasteiger partial charge in [0.25, 0.3) is 0 Å². The van der Waals surface area contributed by atoms with Gasteiger partial charge in [-0.3, -0.25) is 4.79 Å². The number of hydrogen-bond acceptors (Lipinski definition) is 3. The van der Waals surface area contributed by atoms with Gasteiger partial charge < -0.3 is 16.0 Å². The maximum absolute atomic E-state index is 12.0. The quantitative estimate of drug-likeness (QED) is 0.779. The van der Waals surface area contributed by atoms with E-state index in [-0.39, 0.29) is 17.9 Å². The van der Waals surface area contributed by atoms with Gasteiger partial charge in [0.2, 0.25) is 5.91 Å². The van der Waals surface area contributed by atoms with Crippen molar-refractivity contribution in [1.29, 1.82) is 0 Å². The van der Waals surface area contributed by atoms with E-state index in [1.54, 1.807) is 0 Å². The normalized spacial score (nSPS) is 21.9. The highest BCUT2D eigenvalue weighted by molar-refractivity contribution is 5.82. The van der Waals surface area contributed by atoms with Crippen molar-refractivity contribution in [3.8, 4) is 0 Å². The number of carbonyl (C=O) groups excluding carboxylic acids is 1. The molecule has 1 fully saturated rings. The van der Waals surface area contributed by atoms with Crippen molar-refractivity contribution in [2.24, 2.45) is 11.7 Å². The van der Waals surface area contributed by atoms with Gasteiger partial charge in [-0.2, -0.15) is 0 Å². The Morgan fingerprint density at radius 3 is 2.33 bits per heavy atom. The van der Waals surface area contributed by atoms with E-state index in [4.69, 9.17) is 5.73 Å². The van der Waals surface area contributed by atoms with Crippen molar-refractivity contribution in [3.05, 3.63) is 0 Å². The zero-order chi connectivity index (χ0) is 13.7. The van der Waals surface area contributed by atoms with E-state index in [1.165, 1.54) is 0 Å². The van der Waals surface area contributed by atoms with Crippen LogP contribution in [0.4, 0.5) is 0 Å². The van der Waals surface area contributed by atoms with Crippen LogP contribution in [-0.2, 0) is 4.79 Å². The smallest absolute Gasteiger partial charge is 0.237 e. The topological polar surface area (TPSA) is 58.4 Å². The number of amides is 1. The van der Waals surface area contributed by atoms with Crippen LogP contribution in [0.1, 0.15) is 47.0 Å². The summed E-state index contributed by atoms with van der Waals surface area (Å²) in [5.41, 5.74) is 5.94. The highest BCUT2D eigenvalue weighted by Crippen LogP contribution is 2.13. The van der Waals surface area contributed by atoms with E-state index in [0.29, 0.717) is 12.1 Å². The molecule has 1 rings (SSSR count). The van der Waals surface area contributed by atoms with Crippen LogP contribution in [0, 0.1) is 5.92 Å². The maximum Gasteiger partial charge on any atom is 0.237 e. The van der Waals surface area contributed by atoms with E-state index in [2.05, 4.69) is 31.0 Å². The number of carbonyl (C=O) groups is 1. The van der Waals surface area contributed by atoms with Crippen molar-refractivity contribution in [1.82, 2.24) is 10.2 Å². The molecule has 0 aliphatic carbocycles. The molecule has 0 aromatic heterocycles. The van der Waals surface area contributed by atoms with Crippen LogP contribution in [0.25, 0.3) is 0 Å². The summed E-state index contributed by atoms with van der Waals surface area (Å²) in [7, 11) is 0. The molecule has 1 aliphatic heterocycles. The fourth-order valence-corrected chi connectivity index (χ4v) is 2.37. The molecule has 4 heteroatoms. The second kappa shape index (κ2) is 7.10. The van der Waals surface area contributed by atoms with E-state index >= 15 is 0 Å². The van der Waals surface area contributed by atoms with Gasteiger partial charge in [-0.1, -0.05) is 20.3 Å². The largest absolute Gasteiger partial charge is 0.352 e. The number of rotatable bonds is 5. The third kappa shape index (κ3) is 4.25. The molecular formula is C14H29N3O. The van der Waals surface area contributed by atoms with Gasteiger partial charge in [0.05, 0.1) is 6.04 Å². The first kappa shape index (κ1) is 15.4. The lowest BCUT2D eigenvalue weighted by atomic mass is 9.98. The van der Waals surface area contributed by atoms with Crippen molar-refractivity contribution in [2.45, 2.75) is 65.1 Å². The second-order valence-corrected chi connectivity index (χ2v) is 5.82. The van der Waals surface area contributed by atoms with Crippen LogP contribution in [0.2, 0.25) is 0 Å². The number of nitrogens with one attached hydrogen (secondary N) is 1. The van der Waals surface area contributed by atoms with Crippen LogP contribution in [0.15, 0.2) is 0 Å². The molecule has 0 aromatic rings. The highest BCUT2D eigenvalue weighted by atomic mass is 16.2. The van der Waals surface area contributed by atoms with Gasteiger partial charge in [0.1, 0.15) is 0 Å². The zero-order valence-corrected chi connectivity index (χ0v) is 12.3. The molecule has 0 radical (unpaired) electrons. The van der Waals surface area contributed by atoms with Crippen LogP contribution in [-0.4, -0.2) is 42.0 Å². The molecule has 1 saturated heterocycles. The molecule has 0 aromatic carbocycles. The predicted molar refractivity (Wildman–Crippen MR) is 75.3 cm³/mol. The monoisotopic (exact) mass is 255 g/mol. The SMILES string of the molecule is CCC(C)[C@H](N)C(=O)NC1CCN(C(C)C)CC1. The molecule has 0 spiro atoms. The number of nitrogens with two attached hydrogens (primary N) is 1. The molecule has 3 N–H and O–H groups in total. The molecular weight excluding hydrogens is 226 g/mol. The summed E-state index contributed by atoms with van der Waals surface area (Å²) in [6, 6.07) is 0.546. The molecule has 0 bridgehead atoms. The number of nitrogens with zero attached hydrogens (tertiary/aromatic N) is 1. The fourth-order valence-electron chi connectivity index (χ4n) is 2.37. The summed E-state index contributed by atoms with van der Waals surface area (Å²) in [5, 5.41) is 3.10. The maximum atomic E-state index is 12.0. The minimum atomic E-state index is -0.363. The molecule has 4 nitrogen and oxygen atoms in total. The summed E-state index contributed by atoms with van der Waals surface area (Å²) >= 11 is 0. The molecule has 2 atom stereocenters. The van der Waals surface area contributed by atoms with Crippen molar-refractivity contribution >= 4 is 5.91 Å². The lowest BCUT2D eigenvalue weighted by Crippen LogP contribution is -2.52. The Bertz CT molecular complexity index is 260. The van der Waals surface area contributed by atoms with Crippen molar-refractivity contribution in [2.75, 3.05) is 13.1 Å². The number of hydrogen-bond donors (Lipinski definition) is 2. The lowest BCUT2D eigenvalue weighted by Gasteiger charge is -2.35. The third-order valence-corrected chi connectivity index (χ3v) is 4.17. The number of likely N-dealkylation sites (tertiary alicyclic amines) is 1. The average Bonchev–Trinajstić information content (AvgIpc) is 2.37. The van der Waals surface area contributed by atoms with Crippen molar-refractivity contribution in [3.63, 3.8) is 0 Å². The molecule has 1 unspecified atom stereocenters. The standard InChI is InChI=1S/C14H29N3O/c1-5-11(4)13(15)14(18)16-12-6-8-17(9-7-12)10(2)3/h10-13H,5-9,15H2,1-4H3,(H,16,18)/t11?,13-/m0/s1. The minimum Gasteiger partial charge on any atom is -0.352 e. The first-order chi connectivity index (χ1) is 8.45. The highest BCUT2D eigenvalue weighted by Gasteiger charge is 2.25. The Morgan fingerprint density at radius 2 is 1.89 bits per heavy atom. The van der Waals surface area contributed by atoms with E-state index in [1.807, 2.05) is 6.92 Å². The zero-order valence-electron chi connectivity index (χ0n) is 12.3. The Morgan fingerprint density at radius 1 is 1.33 bits per heavy atom. The van der Waals surface area contributed by atoms with Crippen LogP contribution < -0.4 is 11.1 Å². The summed E-state index contributed by atoms with van der Waals surface area (Å²) in [6.07, 6.45) is 3.02. The van der Waals surface area contributed by atoms with Gasteiger partial charge >= 0.3 is 0 Å². The van der Waals surface area contributed by atoms with Crippen LogP contribution in [0.3, 0.4) is 0 Å². The summed E-state index contributed by atoms with van der Waals surface area (Å²) in [4.78, 5) is 14.4. The second-order valence-electron chi connectivity index (χ2n) is 5.82. The van der Waals surface area contributed by atoms with Gasteiger partial charge in [0.15, 0.2) is 0 Å². The van der Waals surface area contributed by atoms with Gasteiger partial charge in [0, 0.05) is 25.2 Å². The van der Waals surface area contributed by atoms with Gasteiger partial charge in [-0.05, 0) is 32.6 Å². The fraction of sp³-hybridized carbons (Fsp3) is 0.929. The Kier molecular flexibility index (Phi) is 6.09.